The Hall–Kier alpha value is -2.37. The monoisotopic (exact) mass is 250 g/mol. The summed E-state index contributed by atoms with van der Waals surface area (Å²) in [5.41, 5.74) is 0.642. The maximum atomic E-state index is 11.4. The van der Waals surface area contributed by atoms with Gasteiger partial charge in [0.2, 0.25) is 12.3 Å². The van der Waals surface area contributed by atoms with Crippen LogP contribution >= 0.6 is 0 Å². The second-order valence-electron chi connectivity index (χ2n) is 3.36. The van der Waals surface area contributed by atoms with Gasteiger partial charge in [-0.2, -0.15) is 0 Å². The second-order valence-corrected chi connectivity index (χ2v) is 3.36. The molecule has 0 heterocycles. The summed E-state index contributed by atoms with van der Waals surface area (Å²) in [5, 5.41) is 2.61. The number of ether oxygens (including phenoxy) is 1. The van der Waals surface area contributed by atoms with Gasteiger partial charge in [-0.3, -0.25) is 9.59 Å². The number of anilines is 2. The fourth-order valence-electron chi connectivity index (χ4n) is 1.32. The van der Waals surface area contributed by atoms with Crippen molar-refractivity contribution in [2.45, 2.75) is 13.3 Å². The fourth-order valence-corrected chi connectivity index (χ4v) is 1.32. The standard InChI is InChI=1S/C12H14N2O4/c1-3-11(16)13-9-6-4-5-7-10(9)14(8-15)12(17)18-2/h4-8H,3H2,1-2H3,(H,13,16). The summed E-state index contributed by atoms with van der Waals surface area (Å²) < 4.78 is 4.49. The molecule has 0 aliphatic carbocycles. The van der Waals surface area contributed by atoms with E-state index in [9.17, 15) is 14.4 Å². The normalized spacial score (nSPS) is 9.44. The zero-order chi connectivity index (χ0) is 13.5. The largest absolute Gasteiger partial charge is 0.452 e. The molecule has 6 nitrogen and oxygen atoms in total. The first-order valence-electron chi connectivity index (χ1n) is 5.35. The lowest BCUT2D eigenvalue weighted by Crippen LogP contribution is -2.30. The van der Waals surface area contributed by atoms with Crippen molar-refractivity contribution in [2.24, 2.45) is 0 Å². The SMILES string of the molecule is CCC(=O)Nc1ccccc1N(C=O)C(=O)OC. The minimum absolute atomic E-state index is 0.210. The van der Waals surface area contributed by atoms with Gasteiger partial charge < -0.3 is 10.1 Å². The molecule has 0 atom stereocenters. The van der Waals surface area contributed by atoms with E-state index in [1.165, 1.54) is 13.2 Å². The number of imide groups is 1. The molecular weight excluding hydrogens is 236 g/mol. The van der Waals surface area contributed by atoms with Crippen LogP contribution in [0.5, 0.6) is 0 Å². The number of carbonyl (C=O) groups is 3. The second kappa shape index (κ2) is 6.39. The molecule has 0 unspecified atom stereocenters. The van der Waals surface area contributed by atoms with Crippen LogP contribution in [-0.2, 0) is 14.3 Å². The summed E-state index contributed by atoms with van der Waals surface area (Å²) in [6.45, 7) is 1.70. The molecule has 1 rings (SSSR count). The Balaban J connectivity index is 3.10. The number of hydrogen-bond acceptors (Lipinski definition) is 4. The van der Waals surface area contributed by atoms with Gasteiger partial charge in [0, 0.05) is 6.42 Å². The van der Waals surface area contributed by atoms with Crippen molar-refractivity contribution < 1.29 is 19.1 Å². The highest BCUT2D eigenvalue weighted by molar-refractivity contribution is 6.07. The predicted molar refractivity (Wildman–Crippen MR) is 66.3 cm³/mol. The number of nitrogens with zero attached hydrogens (tertiary/aromatic N) is 1. The van der Waals surface area contributed by atoms with Gasteiger partial charge in [0.15, 0.2) is 0 Å². The number of para-hydroxylation sites is 2. The molecule has 1 aromatic carbocycles. The van der Waals surface area contributed by atoms with Crippen LogP contribution in [0.4, 0.5) is 16.2 Å². The number of nitrogens with one attached hydrogen (secondary N) is 1. The Morgan fingerprint density at radius 1 is 1.39 bits per heavy atom. The number of hydrogen-bond donors (Lipinski definition) is 1. The van der Waals surface area contributed by atoms with Crippen LogP contribution in [0, 0.1) is 0 Å². The molecule has 0 aliphatic rings. The topological polar surface area (TPSA) is 75.7 Å². The number of benzene rings is 1. The van der Waals surface area contributed by atoms with Gasteiger partial charge in [0.25, 0.3) is 0 Å². The van der Waals surface area contributed by atoms with Gasteiger partial charge in [0.05, 0.1) is 18.5 Å². The molecule has 96 valence electrons. The van der Waals surface area contributed by atoms with E-state index >= 15 is 0 Å². The zero-order valence-electron chi connectivity index (χ0n) is 10.2. The van der Waals surface area contributed by atoms with Crippen LogP contribution in [0.25, 0.3) is 0 Å². The van der Waals surface area contributed by atoms with Crippen molar-refractivity contribution in [3.05, 3.63) is 24.3 Å². The summed E-state index contributed by atoms with van der Waals surface area (Å²) in [6.07, 6.45) is -0.181. The van der Waals surface area contributed by atoms with Crippen LogP contribution in [-0.4, -0.2) is 25.5 Å². The van der Waals surface area contributed by atoms with Gasteiger partial charge >= 0.3 is 6.09 Å². The van der Waals surface area contributed by atoms with Gasteiger partial charge in [-0.05, 0) is 12.1 Å². The van der Waals surface area contributed by atoms with Crippen LogP contribution in [0.15, 0.2) is 24.3 Å². The van der Waals surface area contributed by atoms with E-state index in [2.05, 4.69) is 10.1 Å². The highest BCUT2D eigenvalue weighted by Gasteiger charge is 2.18. The highest BCUT2D eigenvalue weighted by atomic mass is 16.5. The van der Waals surface area contributed by atoms with E-state index in [1.807, 2.05) is 0 Å². The van der Waals surface area contributed by atoms with E-state index in [0.29, 0.717) is 18.5 Å². The van der Waals surface area contributed by atoms with Crippen molar-refractivity contribution in [3.8, 4) is 0 Å². The number of amides is 3. The number of methoxy groups -OCH3 is 1. The van der Waals surface area contributed by atoms with Crippen LogP contribution in [0.1, 0.15) is 13.3 Å². The molecule has 6 heteroatoms. The van der Waals surface area contributed by atoms with Crippen molar-refractivity contribution in [1.29, 1.82) is 0 Å². The lowest BCUT2D eigenvalue weighted by atomic mass is 10.2. The first kappa shape index (κ1) is 13.7. The predicted octanol–water partition coefficient (Wildman–Crippen LogP) is 1.76. The molecule has 0 saturated heterocycles. The molecule has 0 bridgehead atoms. The lowest BCUT2D eigenvalue weighted by Gasteiger charge is -2.17. The average Bonchev–Trinajstić information content (AvgIpc) is 2.41. The van der Waals surface area contributed by atoms with Crippen molar-refractivity contribution >= 4 is 29.8 Å². The minimum Gasteiger partial charge on any atom is -0.452 e. The third kappa shape index (κ3) is 3.07. The van der Waals surface area contributed by atoms with E-state index in [0.717, 1.165) is 4.90 Å². The molecule has 0 saturated carbocycles. The van der Waals surface area contributed by atoms with E-state index in [-0.39, 0.29) is 11.6 Å². The smallest absolute Gasteiger partial charge is 0.420 e. The Labute approximate surface area is 105 Å². The molecular formula is C12H14N2O4. The van der Waals surface area contributed by atoms with Crippen LogP contribution < -0.4 is 10.2 Å². The maximum Gasteiger partial charge on any atom is 0.420 e. The quantitative estimate of drug-likeness (QED) is 0.826. The van der Waals surface area contributed by atoms with Crippen molar-refractivity contribution in [2.75, 3.05) is 17.3 Å². The highest BCUT2D eigenvalue weighted by Crippen LogP contribution is 2.25. The molecule has 0 radical (unpaired) electrons. The first-order valence-corrected chi connectivity index (χ1v) is 5.35. The number of carbonyl (C=O) groups excluding carboxylic acids is 3. The van der Waals surface area contributed by atoms with Crippen LogP contribution in [0.3, 0.4) is 0 Å². The van der Waals surface area contributed by atoms with E-state index in [4.69, 9.17) is 0 Å². The van der Waals surface area contributed by atoms with E-state index < -0.39 is 6.09 Å². The molecule has 1 N–H and O–H groups in total. The molecule has 0 spiro atoms. The first-order chi connectivity index (χ1) is 8.63. The zero-order valence-corrected chi connectivity index (χ0v) is 10.2. The molecule has 1 aromatic rings. The summed E-state index contributed by atoms with van der Waals surface area (Å²) in [6, 6.07) is 6.48. The van der Waals surface area contributed by atoms with Gasteiger partial charge in [0.1, 0.15) is 0 Å². The Kier molecular flexibility index (Phi) is 4.86. The lowest BCUT2D eigenvalue weighted by molar-refractivity contribution is -0.116. The Morgan fingerprint density at radius 3 is 2.61 bits per heavy atom. The van der Waals surface area contributed by atoms with Crippen molar-refractivity contribution in [1.82, 2.24) is 0 Å². The molecule has 0 aromatic heterocycles. The summed E-state index contributed by atoms with van der Waals surface area (Å²) in [7, 11) is 1.17. The fraction of sp³-hybridized carbons (Fsp3) is 0.250. The average molecular weight is 250 g/mol. The molecule has 0 fully saturated rings. The summed E-state index contributed by atoms with van der Waals surface area (Å²) >= 11 is 0. The van der Waals surface area contributed by atoms with Gasteiger partial charge in [-0.1, -0.05) is 19.1 Å². The molecule has 3 amide bonds. The minimum atomic E-state index is -0.816. The Morgan fingerprint density at radius 2 is 2.06 bits per heavy atom. The summed E-state index contributed by atoms with van der Waals surface area (Å²) in [5.74, 6) is -0.210. The van der Waals surface area contributed by atoms with Gasteiger partial charge in [-0.25, -0.2) is 9.69 Å². The van der Waals surface area contributed by atoms with E-state index in [1.54, 1.807) is 25.1 Å². The molecule has 18 heavy (non-hydrogen) atoms. The Bertz CT molecular complexity index is 459. The maximum absolute atomic E-state index is 11.4. The van der Waals surface area contributed by atoms with Crippen molar-refractivity contribution in [3.63, 3.8) is 0 Å². The van der Waals surface area contributed by atoms with Gasteiger partial charge in [-0.15, -0.1) is 0 Å². The molecule has 0 aliphatic heterocycles. The number of rotatable bonds is 4. The van der Waals surface area contributed by atoms with Crippen LogP contribution in [0.2, 0.25) is 0 Å². The summed E-state index contributed by atoms with van der Waals surface area (Å²) in [4.78, 5) is 34.5. The third-order valence-electron chi connectivity index (χ3n) is 2.24. The third-order valence-corrected chi connectivity index (χ3v) is 2.24.